The van der Waals surface area contributed by atoms with E-state index in [1.165, 1.54) is 6.92 Å². The first-order valence-corrected chi connectivity index (χ1v) is 5.30. The average Bonchev–Trinajstić information content (AvgIpc) is 2.08. The van der Waals surface area contributed by atoms with E-state index in [-0.39, 0.29) is 112 Å². The first kappa shape index (κ1) is 24.1. The van der Waals surface area contributed by atoms with Crippen molar-refractivity contribution in [1.82, 2.24) is 0 Å². The van der Waals surface area contributed by atoms with Gasteiger partial charge >= 0.3 is 115 Å². The number of rotatable bonds is 6. The molecular weight excluding hydrogens is 310 g/mol. The Morgan fingerprint density at radius 3 is 2.12 bits per heavy atom. The van der Waals surface area contributed by atoms with Crippen LogP contribution in [0.4, 0.5) is 0 Å². The van der Waals surface area contributed by atoms with Crippen molar-refractivity contribution in [2.45, 2.75) is 18.6 Å². The number of carboxylic acids is 1. The Balaban J connectivity index is -0.000000163. The maximum atomic E-state index is 10.9. The summed E-state index contributed by atoms with van der Waals surface area (Å²) in [5.74, 6) is -3.03. The van der Waals surface area contributed by atoms with Gasteiger partial charge in [-0.25, -0.2) is 4.79 Å². The van der Waals surface area contributed by atoms with E-state index in [1.54, 1.807) is 0 Å². The summed E-state index contributed by atoms with van der Waals surface area (Å²) in [5, 5.41) is 6.12. The Kier molecular flexibility index (Phi) is 16.8. The van der Waals surface area contributed by atoms with Crippen molar-refractivity contribution in [2.75, 3.05) is 6.61 Å². The minimum atomic E-state index is -4.83. The van der Waals surface area contributed by atoms with Gasteiger partial charge in [-0.3, -0.25) is 14.2 Å². The molecule has 0 radical (unpaired) electrons. The average molecular weight is 322 g/mol. The van der Waals surface area contributed by atoms with E-state index in [2.05, 4.69) is 9.78 Å². The van der Waals surface area contributed by atoms with Crippen LogP contribution in [0.2, 0.25) is 0 Å². The molecule has 1 atom stereocenters. The van der Waals surface area contributed by atoms with Crippen molar-refractivity contribution >= 4 is 22.1 Å². The number of carboxylic acid groups (broad SMARTS) is 1. The van der Waals surface area contributed by atoms with E-state index >= 15 is 0 Å². The van der Waals surface area contributed by atoms with Crippen LogP contribution >= 0.6 is 0 Å². The van der Waals surface area contributed by atoms with Crippen LogP contribution in [0.25, 0.3) is 0 Å². The molecule has 0 aliphatic heterocycles. The Hall–Kier alpha value is 2.08. The number of hydrogen-bond acceptors (Lipinski definition) is 6. The van der Waals surface area contributed by atoms with E-state index in [0.29, 0.717) is 0 Å². The molecule has 1 unspecified atom stereocenters. The first-order valence-electron chi connectivity index (χ1n) is 3.80. The molecule has 0 spiro atoms. The number of hydrogen-bond donors (Lipinski definition) is 2. The summed E-state index contributed by atoms with van der Waals surface area (Å²) < 4.78 is 29.8. The minimum absolute atomic E-state index is 0. The van der Waals surface area contributed by atoms with Crippen LogP contribution < -0.4 is 103 Å². The molecule has 0 saturated carbocycles. The Labute approximate surface area is 186 Å². The Morgan fingerprint density at radius 2 is 1.82 bits per heavy atom. The number of carbonyl (C=O) groups is 2. The third-order valence-corrected chi connectivity index (χ3v) is 2.32. The van der Waals surface area contributed by atoms with Crippen LogP contribution in [0, 0.1) is 0 Å². The molecule has 0 aromatic heterocycles. The van der Waals surface area contributed by atoms with Crippen molar-refractivity contribution in [2.24, 2.45) is 0 Å². The molecule has 0 heterocycles. The third kappa shape index (κ3) is 11.6. The molecule has 0 aliphatic rings. The van der Waals surface area contributed by atoms with Crippen molar-refractivity contribution in [3.05, 3.63) is 0 Å². The second-order valence-electron chi connectivity index (χ2n) is 2.41. The predicted octanol–water partition coefficient (Wildman–Crippen LogP) is -6.55. The Morgan fingerprint density at radius 1 is 1.35 bits per heavy atom. The third-order valence-electron chi connectivity index (χ3n) is 1.24. The van der Waals surface area contributed by atoms with Gasteiger partial charge in [0.2, 0.25) is 0 Å². The van der Waals surface area contributed by atoms with Crippen molar-refractivity contribution in [1.29, 1.82) is 0 Å². The molecule has 2 N–H and O–H groups in total. The topological polar surface area (TPSA) is 127 Å². The zero-order chi connectivity index (χ0) is 12.1. The number of aliphatic carboxylic acids is 1. The van der Waals surface area contributed by atoms with Crippen LogP contribution in [0.15, 0.2) is 0 Å². The van der Waals surface area contributed by atoms with Gasteiger partial charge < -0.3 is 7.96 Å². The van der Waals surface area contributed by atoms with Gasteiger partial charge in [0, 0.05) is 0 Å². The van der Waals surface area contributed by atoms with Crippen LogP contribution in [0.5, 0.6) is 0 Å². The van der Waals surface area contributed by atoms with Crippen LogP contribution in [0.3, 0.4) is 0 Å². The molecule has 0 rings (SSSR count). The molecule has 11 heteroatoms. The second-order valence-corrected chi connectivity index (χ2v) is 4.01. The normalized spacial score (nSPS) is 11.6. The van der Waals surface area contributed by atoms with Gasteiger partial charge in [0.25, 0.3) is 10.1 Å². The molecule has 0 saturated heterocycles. The summed E-state index contributed by atoms with van der Waals surface area (Å²) in [5.41, 5.74) is 0. The molecule has 0 fully saturated rings. The SMILES string of the molecule is CCOOC(=O)C(CC(=O)O)S(=O)(=O)O.[H-].[H-].[K+].[K+]. The monoisotopic (exact) mass is 322 g/mol. The minimum Gasteiger partial charge on any atom is -1.00 e. The molecule has 92 valence electrons. The predicted molar refractivity (Wildman–Crippen MR) is 47.5 cm³/mol. The van der Waals surface area contributed by atoms with Gasteiger partial charge in [-0.1, -0.05) is 0 Å². The van der Waals surface area contributed by atoms with E-state index in [4.69, 9.17) is 9.66 Å². The fourth-order valence-electron chi connectivity index (χ4n) is 0.640. The molecule has 0 aromatic carbocycles. The maximum Gasteiger partial charge on any atom is 1.00 e. The maximum absolute atomic E-state index is 10.9. The zero-order valence-corrected chi connectivity index (χ0v) is 16.8. The first-order chi connectivity index (χ1) is 6.79. The summed E-state index contributed by atoms with van der Waals surface area (Å²) in [6.07, 6.45) is -1.09. The molecule has 0 bridgehead atoms. The van der Waals surface area contributed by atoms with Gasteiger partial charge in [0.1, 0.15) is 0 Å². The van der Waals surface area contributed by atoms with Crippen molar-refractivity contribution < 1.29 is 143 Å². The molecular formula is C6H12K2O8S. The van der Waals surface area contributed by atoms with E-state index in [0.717, 1.165) is 0 Å². The second kappa shape index (κ2) is 11.9. The van der Waals surface area contributed by atoms with Gasteiger partial charge in [-0.15, -0.1) is 0 Å². The van der Waals surface area contributed by atoms with Crippen LogP contribution in [-0.2, 0) is 29.5 Å². The smallest absolute Gasteiger partial charge is 1.00 e. The van der Waals surface area contributed by atoms with Gasteiger partial charge in [-0.2, -0.15) is 13.3 Å². The summed E-state index contributed by atoms with van der Waals surface area (Å²) in [6, 6.07) is 0. The standard InChI is InChI=1S/C6H10O8S.2K.2H/c1-2-13-14-6(9)4(3-5(7)8)15(10,11)12;;;;/h4H,2-3H2,1H3,(H,7,8)(H,10,11,12);;;;/q;2*+1;2*-1. The summed E-state index contributed by atoms with van der Waals surface area (Å²) in [6.45, 7) is 1.43. The van der Waals surface area contributed by atoms with Crippen LogP contribution in [-0.4, -0.2) is 41.9 Å². The van der Waals surface area contributed by atoms with Gasteiger partial charge in [0.05, 0.1) is 13.0 Å². The summed E-state index contributed by atoms with van der Waals surface area (Å²) in [4.78, 5) is 29.2. The fraction of sp³-hybridized carbons (Fsp3) is 0.667. The van der Waals surface area contributed by atoms with Crippen molar-refractivity contribution in [3.63, 3.8) is 0 Å². The van der Waals surface area contributed by atoms with E-state index < -0.39 is 33.7 Å². The van der Waals surface area contributed by atoms with E-state index in [9.17, 15) is 18.0 Å². The fourth-order valence-corrected chi connectivity index (χ4v) is 1.28. The molecule has 0 aromatic rings. The summed E-state index contributed by atoms with van der Waals surface area (Å²) in [7, 11) is -4.83. The van der Waals surface area contributed by atoms with Gasteiger partial charge in [-0.05, 0) is 6.92 Å². The summed E-state index contributed by atoms with van der Waals surface area (Å²) >= 11 is 0. The molecule has 0 aliphatic carbocycles. The Bertz CT molecular complexity index is 349. The molecule has 0 amide bonds. The number of carbonyl (C=O) groups excluding carboxylic acids is 1. The molecule has 17 heavy (non-hydrogen) atoms. The van der Waals surface area contributed by atoms with Gasteiger partial charge in [0.15, 0.2) is 5.25 Å². The quantitative estimate of drug-likeness (QED) is 0.214. The van der Waals surface area contributed by atoms with Crippen LogP contribution in [0.1, 0.15) is 16.2 Å². The van der Waals surface area contributed by atoms with Crippen molar-refractivity contribution in [3.8, 4) is 0 Å². The zero-order valence-electron chi connectivity index (χ0n) is 11.7. The largest absolute Gasteiger partial charge is 1.00 e. The molecule has 8 nitrogen and oxygen atoms in total. The van der Waals surface area contributed by atoms with E-state index in [1.807, 2.05) is 0 Å².